The number of nitrogens with zero attached hydrogens (tertiary/aromatic N) is 6. The van der Waals surface area contributed by atoms with Gasteiger partial charge in [-0.25, -0.2) is 4.68 Å². The van der Waals surface area contributed by atoms with Crippen LogP contribution in [0.3, 0.4) is 0 Å². The lowest BCUT2D eigenvalue weighted by Gasteiger charge is -2.29. The second-order valence-electron chi connectivity index (χ2n) is 4.37. The summed E-state index contributed by atoms with van der Waals surface area (Å²) in [6.45, 7) is 5.46. The van der Waals surface area contributed by atoms with Gasteiger partial charge in [0.25, 0.3) is 0 Å². The normalized spacial score (nSPS) is 18.5. The third kappa shape index (κ3) is 2.55. The van der Waals surface area contributed by atoms with Crippen LogP contribution >= 0.6 is 0 Å². The molecule has 0 saturated carbocycles. The Morgan fingerprint density at radius 1 is 1.44 bits per heavy atom. The van der Waals surface area contributed by atoms with Crippen LogP contribution in [0.5, 0.6) is 0 Å². The zero-order valence-corrected chi connectivity index (χ0v) is 9.50. The van der Waals surface area contributed by atoms with Crippen molar-refractivity contribution in [3.63, 3.8) is 0 Å². The van der Waals surface area contributed by atoms with Gasteiger partial charge >= 0.3 is 0 Å². The molecule has 0 spiro atoms. The molecule has 0 radical (unpaired) electrons. The number of tetrazole rings is 1. The minimum atomic E-state index is 0.229. The number of aromatic nitrogens is 4. The molecular formula is C10H16N6. The van der Waals surface area contributed by atoms with Gasteiger partial charge in [-0.2, -0.15) is 5.26 Å². The summed E-state index contributed by atoms with van der Waals surface area (Å²) >= 11 is 0. The molecule has 2 rings (SSSR count). The molecule has 1 aromatic heterocycles. The van der Waals surface area contributed by atoms with Crippen LogP contribution in [0.15, 0.2) is 0 Å². The van der Waals surface area contributed by atoms with E-state index in [-0.39, 0.29) is 6.54 Å². The summed E-state index contributed by atoms with van der Waals surface area (Å²) in [6.07, 6.45) is 2.47. The largest absolute Gasteiger partial charge is 0.296 e. The van der Waals surface area contributed by atoms with Gasteiger partial charge in [0.15, 0.2) is 5.82 Å². The topological polar surface area (TPSA) is 70.6 Å². The van der Waals surface area contributed by atoms with Gasteiger partial charge in [0.2, 0.25) is 0 Å². The van der Waals surface area contributed by atoms with E-state index in [1.807, 2.05) is 0 Å². The van der Waals surface area contributed by atoms with E-state index in [4.69, 9.17) is 5.26 Å². The van der Waals surface area contributed by atoms with Crippen molar-refractivity contribution in [3.8, 4) is 6.07 Å². The van der Waals surface area contributed by atoms with Gasteiger partial charge in [-0.05, 0) is 42.3 Å². The Morgan fingerprint density at radius 2 is 2.19 bits per heavy atom. The molecule has 0 aromatic carbocycles. The van der Waals surface area contributed by atoms with Crippen molar-refractivity contribution < 1.29 is 0 Å². The average Bonchev–Trinajstić information content (AvgIpc) is 2.70. The van der Waals surface area contributed by atoms with E-state index in [0.29, 0.717) is 0 Å². The molecule has 16 heavy (non-hydrogen) atoms. The Kier molecular flexibility index (Phi) is 3.47. The maximum atomic E-state index is 8.62. The number of piperidine rings is 1. The van der Waals surface area contributed by atoms with Crippen molar-refractivity contribution in [2.75, 3.05) is 13.1 Å². The van der Waals surface area contributed by atoms with Crippen LogP contribution < -0.4 is 0 Å². The Hall–Kier alpha value is -1.48. The molecule has 6 heteroatoms. The highest BCUT2D eigenvalue weighted by Gasteiger charge is 2.18. The second-order valence-corrected chi connectivity index (χ2v) is 4.37. The number of rotatable bonds is 3. The van der Waals surface area contributed by atoms with Crippen molar-refractivity contribution in [3.05, 3.63) is 5.82 Å². The molecule has 6 nitrogen and oxygen atoms in total. The van der Waals surface area contributed by atoms with E-state index in [0.717, 1.165) is 31.4 Å². The van der Waals surface area contributed by atoms with Crippen LogP contribution in [0.2, 0.25) is 0 Å². The Morgan fingerprint density at radius 3 is 2.88 bits per heavy atom. The molecular weight excluding hydrogens is 204 g/mol. The molecule has 1 fully saturated rings. The summed E-state index contributed by atoms with van der Waals surface area (Å²) in [5, 5.41) is 20.0. The maximum absolute atomic E-state index is 8.62. The molecule has 1 aliphatic rings. The molecule has 0 amide bonds. The maximum Gasteiger partial charge on any atom is 0.166 e. The van der Waals surface area contributed by atoms with E-state index in [2.05, 4.69) is 33.4 Å². The molecule has 0 aliphatic carbocycles. The van der Waals surface area contributed by atoms with Crippen molar-refractivity contribution in [2.24, 2.45) is 5.92 Å². The van der Waals surface area contributed by atoms with Crippen molar-refractivity contribution >= 4 is 0 Å². The van der Waals surface area contributed by atoms with E-state index in [1.165, 1.54) is 12.8 Å². The third-order valence-corrected chi connectivity index (χ3v) is 3.07. The van der Waals surface area contributed by atoms with Gasteiger partial charge in [0.05, 0.1) is 12.6 Å². The average molecular weight is 220 g/mol. The van der Waals surface area contributed by atoms with Gasteiger partial charge < -0.3 is 0 Å². The fourth-order valence-corrected chi connectivity index (χ4v) is 1.95. The molecule has 0 unspecified atom stereocenters. The summed E-state index contributed by atoms with van der Waals surface area (Å²) in [5.74, 6) is 1.61. The minimum Gasteiger partial charge on any atom is -0.296 e. The number of nitriles is 1. The third-order valence-electron chi connectivity index (χ3n) is 3.07. The molecule has 2 heterocycles. The minimum absolute atomic E-state index is 0.229. The quantitative estimate of drug-likeness (QED) is 0.738. The Labute approximate surface area is 94.8 Å². The smallest absolute Gasteiger partial charge is 0.166 e. The fraction of sp³-hybridized carbons (Fsp3) is 0.800. The van der Waals surface area contributed by atoms with Crippen LogP contribution in [0.4, 0.5) is 0 Å². The van der Waals surface area contributed by atoms with Crippen molar-refractivity contribution in [2.45, 2.75) is 32.9 Å². The van der Waals surface area contributed by atoms with Gasteiger partial charge in [-0.15, -0.1) is 5.10 Å². The molecule has 1 saturated heterocycles. The second kappa shape index (κ2) is 5.03. The van der Waals surface area contributed by atoms with Crippen LogP contribution in [0.25, 0.3) is 0 Å². The fourth-order valence-electron chi connectivity index (χ4n) is 1.95. The molecule has 1 aliphatic heterocycles. The monoisotopic (exact) mass is 220 g/mol. The summed E-state index contributed by atoms with van der Waals surface area (Å²) < 4.78 is 1.57. The number of likely N-dealkylation sites (tertiary alicyclic amines) is 1. The van der Waals surface area contributed by atoms with Gasteiger partial charge in [-0.1, -0.05) is 6.92 Å². The predicted octanol–water partition coefficient (Wildman–Crippen LogP) is 0.429. The van der Waals surface area contributed by atoms with E-state index < -0.39 is 0 Å². The van der Waals surface area contributed by atoms with Gasteiger partial charge in [0, 0.05) is 0 Å². The van der Waals surface area contributed by atoms with E-state index >= 15 is 0 Å². The molecule has 0 bridgehead atoms. The first kappa shape index (κ1) is 11.0. The van der Waals surface area contributed by atoms with Crippen LogP contribution in [-0.2, 0) is 13.1 Å². The number of hydrogen-bond acceptors (Lipinski definition) is 5. The number of hydrogen-bond donors (Lipinski definition) is 0. The first-order valence-electron chi connectivity index (χ1n) is 5.64. The first-order valence-corrected chi connectivity index (χ1v) is 5.64. The van der Waals surface area contributed by atoms with Crippen molar-refractivity contribution in [1.82, 2.24) is 25.1 Å². The molecule has 0 N–H and O–H groups in total. The molecule has 1 aromatic rings. The lowest BCUT2D eigenvalue weighted by Crippen LogP contribution is -2.33. The summed E-state index contributed by atoms with van der Waals surface area (Å²) in [5.41, 5.74) is 0. The SMILES string of the molecule is CC1CCN(Cc2nnnn2CC#N)CC1. The zero-order valence-electron chi connectivity index (χ0n) is 9.50. The highest BCUT2D eigenvalue weighted by Crippen LogP contribution is 2.17. The Balaban J connectivity index is 1.93. The summed E-state index contributed by atoms with van der Waals surface area (Å²) in [7, 11) is 0. The summed E-state index contributed by atoms with van der Waals surface area (Å²) in [4.78, 5) is 2.35. The molecule has 86 valence electrons. The Bertz CT molecular complexity index is 371. The highest BCUT2D eigenvalue weighted by atomic mass is 15.5. The zero-order chi connectivity index (χ0) is 11.4. The van der Waals surface area contributed by atoms with E-state index in [1.54, 1.807) is 4.68 Å². The summed E-state index contributed by atoms with van der Waals surface area (Å²) in [6, 6.07) is 2.06. The van der Waals surface area contributed by atoms with Crippen molar-refractivity contribution in [1.29, 1.82) is 5.26 Å². The van der Waals surface area contributed by atoms with Crippen LogP contribution in [0.1, 0.15) is 25.6 Å². The lowest BCUT2D eigenvalue weighted by molar-refractivity contribution is 0.179. The van der Waals surface area contributed by atoms with Gasteiger partial charge in [0.1, 0.15) is 6.54 Å². The van der Waals surface area contributed by atoms with Gasteiger partial charge in [-0.3, -0.25) is 4.90 Å². The van der Waals surface area contributed by atoms with Crippen LogP contribution in [-0.4, -0.2) is 38.2 Å². The lowest BCUT2D eigenvalue weighted by atomic mass is 9.99. The first-order chi connectivity index (χ1) is 7.79. The standard InChI is InChI=1S/C10H16N6/c1-9-2-5-15(6-3-9)8-10-12-13-14-16(10)7-4-11/h9H,2-3,5-8H2,1H3. The molecule has 0 atom stereocenters. The predicted molar refractivity (Wildman–Crippen MR) is 57.1 cm³/mol. The highest BCUT2D eigenvalue weighted by molar-refractivity contribution is 4.86. The van der Waals surface area contributed by atoms with Crippen LogP contribution in [0, 0.1) is 17.2 Å². The van der Waals surface area contributed by atoms with E-state index in [9.17, 15) is 0 Å².